The summed E-state index contributed by atoms with van der Waals surface area (Å²) in [5.74, 6) is 1.77. The van der Waals surface area contributed by atoms with Gasteiger partial charge in [-0.3, -0.25) is 4.79 Å². The van der Waals surface area contributed by atoms with E-state index in [0.29, 0.717) is 37.5 Å². The Bertz CT molecular complexity index is 1260. The van der Waals surface area contributed by atoms with Crippen molar-refractivity contribution in [1.82, 2.24) is 20.0 Å². The van der Waals surface area contributed by atoms with Gasteiger partial charge in [0.2, 0.25) is 5.91 Å². The maximum atomic E-state index is 12.5. The van der Waals surface area contributed by atoms with Crippen LogP contribution in [0.4, 0.5) is 5.82 Å². The molecule has 174 valence electrons. The largest absolute Gasteiger partial charge is 0.354 e. The summed E-state index contributed by atoms with van der Waals surface area (Å²) in [5.41, 5.74) is 3.36. The van der Waals surface area contributed by atoms with Crippen LogP contribution in [0.15, 0.2) is 65.2 Å². The molecule has 1 fully saturated rings. The fraction of sp³-hybridized carbons (Fsp3) is 0.333. The molecule has 5 rings (SSSR count). The Morgan fingerprint density at radius 1 is 0.941 bits per heavy atom. The molecule has 3 heterocycles. The van der Waals surface area contributed by atoms with E-state index in [4.69, 9.17) is 14.5 Å². The Balaban J connectivity index is 1.54. The van der Waals surface area contributed by atoms with Gasteiger partial charge in [-0.1, -0.05) is 72.7 Å². The van der Waals surface area contributed by atoms with E-state index in [-0.39, 0.29) is 5.91 Å². The van der Waals surface area contributed by atoms with Gasteiger partial charge in [0.05, 0.1) is 0 Å². The quantitative estimate of drug-likeness (QED) is 0.419. The summed E-state index contributed by atoms with van der Waals surface area (Å²) < 4.78 is 5.74. The van der Waals surface area contributed by atoms with Gasteiger partial charge in [-0.05, 0) is 18.4 Å². The molecule has 34 heavy (non-hydrogen) atoms. The molecule has 1 amide bonds. The smallest absolute Gasteiger partial charge is 0.263 e. The molecule has 0 bridgehead atoms. The van der Waals surface area contributed by atoms with E-state index in [2.05, 4.69) is 22.2 Å². The third-order valence-electron chi connectivity index (χ3n) is 6.23. The number of fused-ring (bicyclic) bond motifs is 1. The summed E-state index contributed by atoms with van der Waals surface area (Å²) in [4.78, 5) is 26.5. The normalized spacial score (nSPS) is 14.4. The second-order valence-electron chi connectivity index (χ2n) is 8.67. The number of benzene rings is 2. The minimum Gasteiger partial charge on any atom is -0.354 e. The molecule has 1 aliphatic rings. The van der Waals surface area contributed by atoms with Crippen LogP contribution in [-0.2, 0) is 11.2 Å². The van der Waals surface area contributed by atoms with Crippen LogP contribution in [-0.4, -0.2) is 52.1 Å². The van der Waals surface area contributed by atoms with Gasteiger partial charge in [0.15, 0.2) is 0 Å². The summed E-state index contributed by atoms with van der Waals surface area (Å²) in [7, 11) is 0. The molecule has 0 N–H and O–H groups in total. The highest BCUT2D eigenvalue weighted by atomic mass is 16.5. The first kappa shape index (κ1) is 22.1. The molecular weight excluding hydrogens is 426 g/mol. The molecular formula is C27H29N5O2. The zero-order valence-electron chi connectivity index (χ0n) is 19.5. The van der Waals surface area contributed by atoms with E-state index >= 15 is 0 Å². The monoisotopic (exact) mass is 455 g/mol. The van der Waals surface area contributed by atoms with Crippen LogP contribution in [0.1, 0.15) is 37.6 Å². The third kappa shape index (κ3) is 4.64. The number of aromatic nitrogens is 3. The lowest BCUT2D eigenvalue weighted by molar-refractivity contribution is -0.131. The number of hydrogen-bond donors (Lipinski definition) is 0. The molecule has 7 heteroatoms. The molecule has 0 saturated carbocycles. The molecule has 0 radical (unpaired) electrons. The summed E-state index contributed by atoms with van der Waals surface area (Å²) in [6.07, 6.45) is 2.97. The molecule has 2 aromatic heterocycles. The molecule has 0 unspecified atom stereocenters. The lowest BCUT2D eigenvalue weighted by Gasteiger charge is -2.23. The van der Waals surface area contributed by atoms with E-state index in [0.717, 1.165) is 54.0 Å². The fourth-order valence-electron chi connectivity index (χ4n) is 4.51. The second kappa shape index (κ2) is 10.0. The van der Waals surface area contributed by atoms with Gasteiger partial charge in [-0.15, -0.1) is 0 Å². The molecule has 1 aliphatic heterocycles. The summed E-state index contributed by atoms with van der Waals surface area (Å²) in [5, 5.41) is 5.22. The number of rotatable bonds is 6. The van der Waals surface area contributed by atoms with Crippen molar-refractivity contribution in [2.45, 2.75) is 32.6 Å². The standard InChI is InChI=1S/C27H29N5O2/c1-2-10-23(33)31-15-9-16-32(18-17-31)26-24-25(21-13-7-4-8-14-21)30-34-27(24)29-22(28-26)19-20-11-5-3-6-12-20/h3-8,11-14H,2,9-10,15-19H2,1H3. The van der Waals surface area contributed by atoms with Gasteiger partial charge in [0, 0.05) is 44.6 Å². The van der Waals surface area contributed by atoms with Gasteiger partial charge >= 0.3 is 0 Å². The average Bonchev–Trinajstić information content (AvgIpc) is 3.13. The van der Waals surface area contributed by atoms with E-state index in [9.17, 15) is 4.79 Å². The van der Waals surface area contributed by atoms with Crippen molar-refractivity contribution in [2.24, 2.45) is 0 Å². The van der Waals surface area contributed by atoms with Crippen molar-refractivity contribution >= 4 is 22.8 Å². The number of nitrogens with zero attached hydrogens (tertiary/aromatic N) is 5. The fourth-order valence-corrected chi connectivity index (χ4v) is 4.51. The molecule has 0 atom stereocenters. The van der Waals surface area contributed by atoms with Crippen LogP contribution < -0.4 is 4.90 Å². The SMILES string of the molecule is CCCC(=O)N1CCCN(c2nc(Cc3ccccc3)nc3onc(-c4ccccc4)c23)CC1. The molecule has 1 saturated heterocycles. The Kier molecular flexibility index (Phi) is 6.51. The Labute approximate surface area is 199 Å². The average molecular weight is 456 g/mol. The highest BCUT2D eigenvalue weighted by Crippen LogP contribution is 2.34. The summed E-state index contributed by atoms with van der Waals surface area (Å²) >= 11 is 0. The first-order valence-electron chi connectivity index (χ1n) is 12.0. The van der Waals surface area contributed by atoms with E-state index in [1.807, 2.05) is 60.4 Å². The first-order chi connectivity index (χ1) is 16.7. The van der Waals surface area contributed by atoms with Crippen LogP contribution in [0.2, 0.25) is 0 Å². The van der Waals surface area contributed by atoms with E-state index in [1.54, 1.807) is 0 Å². The van der Waals surface area contributed by atoms with Gasteiger partial charge in [-0.2, -0.15) is 4.98 Å². The Morgan fingerprint density at radius 2 is 1.71 bits per heavy atom. The number of anilines is 1. The Morgan fingerprint density at radius 3 is 2.47 bits per heavy atom. The second-order valence-corrected chi connectivity index (χ2v) is 8.67. The molecule has 4 aromatic rings. The minimum absolute atomic E-state index is 0.233. The number of hydrogen-bond acceptors (Lipinski definition) is 6. The van der Waals surface area contributed by atoms with Gasteiger partial charge < -0.3 is 14.3 Å². The van der Waals surface area contributed by atoms with Crippen LogP contribution in [0, 0.1) is 0 Å². The summed E-state index contributed by atoms with van der Waals surface area (Å²) in [6.45, 7) is 5.03. The molecule has 0 spiro atoms. The van der Waals surface area contributed by atoms with Crippen molar-refractivity contribution in [3.8, 4) is 11.3 Å². The van der Waals surface area contributed by atoms with Crippen molar-refractivity contribution in [3.05, 3.63) is 72.1 Å². The topological polar surface area (TPSA) is 75.4 Å². The van der Waals surface area contributed by atoms with Crippen molar-refractivity contribution in [2.75, 3.05) is 31.1 Å². The predicted molar refractivity (Wildman–Crippen MR) is 133 cm³/mol. The molecule has 7 nitrogen and oxygen atoms in total. The third-order valence-corrected chi connectivity index (χ3v) is 6.23. The minimum atomic E-state index is 0.233. The van der Waals surface area contributed by atoms with Crippen LogP contribution in [0.3, 0.4) is 0 Å². The van der Waals surface area contributed by atoms with Crippen LogP contribution in [0.5, 0.6) is 0 Å². The zero-order valence-corrected chi connectivity index (χ0v) is 19.5. The van der Waals surface area contributed by atoms with E-state index < -0.39 is 0 Å². The van der Waals surface area contributed by atoms with Gasteiger partial charge in [-0.25, -0.2) is 4.98 Å². The highest BCUT2D eigenvalue weighted by molar-refractivity contribution is 5.98. The molecule has 2 aromatic carbocycles. The number of carbonyl (C=O) groups is 1. The Hall–Kier alpha value is -3.74. The predicted octanol–water partition coefficient (Wildman–Crippen LogP) is 4.71. The zero-order chi connectivity index (χ0) is 23.3. The summed E-state index contributed by atoms with van der Waals surface area (Å²) in [6, 6.07) is 20.2. The lowest BCUT2D eigenvalue weighted by atomic mass is 10.1. The van der Waals surface area contributed by atoms with Crippen molar-refractivity contribution < 1.29 is 9.32 Å². The van der Waals surface area contributed by atoms with Gasteiger partial charge in [0.25, 0.3) is 5.71 Å². The van der Waals surface area contributed by atoms with Crippen molar-refractivity contribution in [3.63, 3.8) is 0 Å². The highest BCUT2D eigenvalue weighted by Gasteiger charge is 2.25. The molecule has 0 aliphatic carbocycles. The number of carbonyl (C=O) groups excluding carboxylic acids is 1. The number of amides is 1. The van der Waals surface area contributed by atoms with Crippen LogP contribution in [0.25, 0.3) is 22.4 Å². The maximum absolute atomic E-state index is 12.5. The lowest BCUT2D eigenvalue weighted by Crippen LogP contribution is -2.35. The maximum Gasteiger partial charge on any atom is 0.263 e. The van der Waals surface area contributed by atoms with Gasteiger partial charge in [0.1, 0.15) is 22.7 Å². The van der Waals surface area contributed by atoms with Crippen LogP contribution >= 0.6 is 0 Å². The van der Waals surface area contributed by atoms with Crippen molar-refractivity contribution in [1.29, 1.82) is 0 Å². The van der Waals surface area contributed by atoms with E-state index in [1.165, 1.54) is 0 Å². The first-order valence-corrected chi connectivity index (χ1v) is 12.0.